The van der Waals surface area contributed by atoms with Gasteiger partial charge in [-0.1, -0.05) is 42.5 Å². The number of rotatable bonds is 4. The number of hydrogen-bond acceptors (Lipinski definition) is 10. The van der Waals surface area contributed by atoms with Crippen molar-refractivity contribution in [3.05, 3.63) is 70.3 Å². The van der Waals surface area contributed by atoms with E-state index in [2.05, 4.69) is 0 Å². The van der Waals surface area contributed by atoms with Crippen LogP contribution >= 0.6 is 0 Å². The van der Waals surface area contributed by atoms with E-state index >= 15 is 0 Å². The lowest BCUT2D eigenvalue weighted by Gasteiger charge is -2.55. The van der Waals surface area contributed by atoms with Crippen LogP contribution in [0.2, 0.25) is 0 Å². The molecule has 3 aliphatic carbocycles. The molecule has 0 spiro atoms. The summed E-state index contributed by atoms with van der Waals surface area (Å²) in [5.41, 5.74) is 3.27. The molecule has 0 aliphatic heterocycles. The minimum absolute atomic E-state index is 0.146. The molecule has 0 radical (unpaired) electrons. The summed E-state index contributed by atoms with van der Waals surface area (Å²) in [5.74, 6) is -10.1. The van der Waals surface area contributed by atoms with Gasteiger partial charge in [-0.25, -0.2) is 0 Å². The van der Waals surface area contributed by atoms with Crippen molar-refractivity contribution in [2.75, 3.05) is 14.1 Å². The average Bonchev–Trinajstić information content (AvgIpc) is 2.90. The molecular weight excluding hydrogens is 532 g/mol. The number of fused-ring (bicyclic) bond motifs is 3. The first kappa shape index (κ1) is 28.4. The molecule has 3 aliphatic rings. The number of aromatic hydroxyl groups is 1. The van der Waals surface area contributed by atoms with Crippen molar-refractivity contribution in [1.82, 2.24) is 4.90 Å². The molecule has 7 atom stereocenters. The second-order valence-corrected chi connectivity index (χ2v) is 11.0. The van der Waals surface area contributed by atoms with E-state index in [0.717, 1.165) is 0 Å². The van der Waals surface area contributed by atoms with Gasteiger partial charge in [0.05, 0.1) is 23.3 Å². The van der Waals surface area contributed by atoms with E-state index in [1.807, 2.05) is 0 Å². The number of primary amides is 1. The highest BCUT2D eigenvalue weighted by Gasteiger charge is 2.70. The Morgan fingerprint density at radius 2 is 1.63 bits per heavy atom. The lowest BCUT2D eigenvalue weighted by atomic mass is 9.52. The van der Waals surface area contributed by atoms with Gasteiger partial charge >= 0.3 is 0 Å². The van der Waals surface area contributed by atoms with Crippen LogP contribution in [0.4, 0.5) is 0 Å². The van der Waals surface area contributed by atoms with Crippen molar-refractivity contribution in [3.8, 4) is 5.75 Å². The van der Waals surface area contributed by atoms with Crippen LogP contribution in [0.25, 0.3) is 17.4 Å². The summed E-state index contributed by atoms with van der Waals surface area (Å²) < 4.78 is 0. The molecule has 11 nitrogen and oxygen atoms in total. The number of phenolic OH excluding ortho intramolecular Hbond substituents is 1. The van der Waals surface area contributed by atoms with Gasteiger partial charge in [0.1, 0.15) is 17.4 Å². The van der Waals surface area contributed by atoms with Crippen LogP contribution < -0.4 is 5.73 Å². The van der Waals surface area contributed by atoms with Gasteiger partial charge in [-0.05, 0) is 43.8 Å². The Morgan fingerprint density at radius 3 is 2.20 bits per heavy atom. The topological polar surface area (TPSA) is 199 Å². The molecule has 2 aromatic carbocycles. The standard InChI is InChI=1S/C30H30N2O9/c1-12(33)14-9-7-13(8-10-14)11-16-15-5-4-6-17(34)18(15)24(35)20-19(16)25(36)22-23(32(2)3)26(37)21(29(31)40)28(39)30(22,41)27(20)38/h4-11,19,21-23,25-26,34-37,41H,1-3H3,(H2,31,40)/b16-11+/t19-,21?,22-,23+,25+,26?,30+/m1/s1. The second-order valence-electron chi connectivity index (χ2n) is 11.0. The van der Waals surface area contributed by atoms with Gasteiger partial charge < -0.3 is 36.2 Å². The fourth-order valence-corrected chi connectivity index (χ4v) is 6.66. The molecule has 2 saturated carbocycles. The first-order chi connectivity index (χ1) is 19.2. The highest BCUT2D eigenvalue weighted by atomic mass is 16.3. The van der Waals surface area contributed by atoms with Gasteiger partial charge in [0, 0.05) is 23.4 Å². The third kappa shape index (κ3) is 3.96. The molecule has 11 heteroatoms. The first-order valence-corrected chi connectivity index (χ1v) is 12.9. The number of aliphatic hydroxyl groups excluding tert-OH is 3. The lowest BCUT2D eigenvalue weighted by Crippen LogP contribution is -2.76. The van der Waals surface area contributed by atoms with Gasteiger partial charge in [-0.2, -0.15) is 0 Å². The zero-order valence-corrected chi connectivity index (χ0v) is 22.5. The van der Waals surface area contributed by atoms with E-state index in [-0.39, 0.29) is 22.5 Å². The Labute approximate surface area is 234 Å². The molecule has 1 amide bonds. The van der Waals surface area contributed by atoms with Crippen LogP contribution in [0.15, 0.2) is 48.0 Å². The Morgan fingerprint density at radius 1 is 1.00 bits per heavy atom. The minimum atomic E-state index is -3.02. The molecular formula is C30H30N2O9. The number of likely N-dealkylation sites (N-methyl/N-ethyl adjacent to an activating group) is 1. The van der Waals surface area contributed by atoms with Crippen LogP contribution in [0.5, 0.6) is 5.75 Å². The molecule has 2 aromatic rings. The van der Waals surface area contributed by atoms with Gasteiger partial charge in [0.25, 0.3) is 0 Å². The predicted octanol–water partition coefficient (Wildman–Crippen LogP) is 0.301. The number of aliphatic hydroxyl groups is 4. The molecule has 0 heterocycles. The van der Waals surface area contributed by atoms with Gasteiger partial charge in [0.15, 0.2) is 17.2 Å². The number of carbonyl (C=O) groups excluding carboxylic acids is 4. The number of Topliss-reactive ketones (excluding diaryl/α,β-unsaturated/α-hetero) is 3. The number of amides is 1. The Kier molecular flexibility index (Phi) is 6.74. The largest absolute Gasteiger partial charge is 0.507 e. The van der Waals surface area contributed by atoms with Gasteiger partial charge in [-0.15, -0.1) is 0 Å². The third-order valence-electron chi connectivity index (χ3n) is 8.53. The fourth-order valence-electron chi connectivity index (χ4n) is 6.66. The lowest BCUT2D eigenvalue weighted by molar-refractivity contribution is -0.196. The highest BCUT2D eigenvalue weighted by Crippen LogP contribution is 2.55. The van der Waals surface area contributed by atoms with E-state index in [1.54, 1.807) is 36.4 Å². The SMILES string of the molecule is CC(=O)c1ccc(/C=C2\c3cccc(O)c3C(O)=C3C(=O)[C@]4(O)C(=O)C(C(N)=O)C(O)[C@@H](N(C)C)[C@@H]4[C@@H](O)[C@@H]32)cc1. The number of ketones is 3. The molecule has 0 bridgehead atoms. The summed E-state index contributed by atoms with van der Waals surface area (Å²) in [6.45, 7) is 1.42. The molecule has 2 unspecified atom stereocenters. The fraction of sp³-hybridized carbons (Fsp3) is 0.333. The number of carbonyl (C=O) groups is 4. The van der Waals surface area contributed by atoms with Crippen LogP contribution in [0, 0.1) is 17.8 Å². The van der Waals surface area contributed by atoms with Crippen molar-refractivity contribution in [3.63, 3.8) is 0 Å². The molecule has 2 fully saturated rings. The van der Waals surface area contributed by atoms with Crippen LogP contribution in [0.3, 0.4) is 0 Å². The smallest absolute Gasteiger partial charge is 0.230 e. The zero-order valence-electron chi connectivity index (χ0n) is 22.5. The monoisotopic (exact) mass is 562 g/mol. The summed E-state index contributed by atoms with van der Waals surface area (Å²) in [4.78, 5) is 53.1. The maximum atomic E-state index is 14.2. The molecule has 41 heavy (non-hydrogen) atoms. The molecule has 5 rings (SSSR count). The summed E-state index contributed by atoms with van der Waals surface area (Å²) in [6, 6.07) is 9.57. The normalized spacial score (nSPS) is 32.0. The molecule has 214 valence electrons. The summed E-state index contributed by atoms with van der Waals surface area (Å²) in [7, 11) is 2.98. The van der Waals surface area contributed by atoms with E-state index in [1.165, 1.54) is 38.1 Å². The van der Waals surface area contributed by atoms with Gasteiger partial charge in [0.2, 0.25) is 11.7 Å². The van der Waals surface area contributed by atoms with Crippen LogP contribution in [0.1, 0.15) is 34.0 Å². The molecule has 0 aromatic heterocycles. The van der Waals surface area contributed by atoms with E-state index in [4.69, 9.17) is 5.73 Å². The average molecular weight is 563 g/mol. The van der Waals surface area contributed by atoms with Crippen LogP contribution in [-0.2, 0) is 14.4 Å². The molecule has 7 N–H and O–H groups in total. The Hall–Kier alpha value is -4.16. The third-order valence-corrected chi connectivity index (χ3v) is 8.53. The summed E-state index contributed by atoms with van der Waals surface area (Å²) >= 11 is 0. The quantitative estimate of drug-likeness (QED) is 0.223. The van der Waals surface area contributed by atoms with E-state index in [0.29, 0.717) is 11.1 Å². The number of nitrogens with zero attached hydrogens (tertiary/aromatic N) is 1. The van der Waals surface area contributed by atoms with Gasteiger partial charge in [-0.3, -0.25) is 19.2 Å². The number of hydrogen-bond donors (Lipinski definition) is 6. The number of phenols is 1. The number of benzene rings is 2. The molecule has 0 saturated heterocycles. The maximum absolute atomic E-state index is 14.2. The first-order valence-electron chi connectivity index (χ1n) is 12.9. The second kappa shape index (κ2) is 9.74. The predicted molar refractivity (Wildman–Crippen MR) is 146 cm³/mol. The zero-order chi connectivity index (χ0) is 30.1. The minimum Gasteiger partial charge on any atom is -0.507 e. The summed E-state index contributed by atoms with van der Waals surface area (Å²) in [6.07, 6.45) is -1.89. The van der Waals surface area contributed by atoms with Crippen molar-refractivity contribution >= 4 is 40.7 Å². The maximum Gasteiger partial charge on any atom is 0.230 e. The number of nitrogens with two attached hydrogens (primary N) is 1. The van der Waals surface area contributed by atoms with Crippen molar-refractivity contribution in [1.29, 1.82) is 0 Å². The van der Waals surface area contributed by atoms with Crippen molar-refractivity contribution in [2.24, 2.45) is 23.5 Å². The Balaban J connectivity index is 1.80. The van der Waals surface area contributed by atoms with Crippen LogP contribution in [-0.4, -0.2) is 91.6 Å². The Bertz CT molecular complexity index is 1560. The van der Waals surface area contributed by atoms with E-state index < -0.39 is 76.2 Å². The summed E-state index contributed by atoms with van der Waals surface area (Å²) in [5, 5.41) is 56.9. The highest BCUT2D eigenvalue weighted by molar-refractivity contribution is 6.26. The van der Waals surface area contributed by atoms with E-state index in [9.17, 15) is 44.7 Å². The van der Waals surface area contributed by atoms with Crippen molar-refractivity contribution < 1.29 is 44.7 Å². The van der Waals surface area contributed by atoms with Crippen molar-refractivity contribution in [2.45, 2.75) is 30.8 Å².